The van der Waals surface area contributed by atoms with E-state index < -0.39 is 9.84 Å². The summed E-state index contributed by atoms with van der Waals surface area (Å²) in [4.78, 5) is 12.7. The van der Waals surface area contributed by atoms with Gasteiger partial charge in [0.15, 0.2) is 15.6 Å². The lowest BCUT2D eigenvalue weighted by atomic mass is 10.0. The molecule has 0 unspecified atom stereocenters. The minimum atomic E-state index is -3.23. The van der Waals surface area contributed by atoms with E-state index in [1.165, 1.54) is 12.1 Å². The Morgan fingerprint density at radius 1 is 1.05 bits per heavy atom. The Morgan fingerprint density at radius 2 is 1.75 bits per heavy atom. The Kier molecular flexibility index (Phi) is 3.15. The lowest BCUT2D eigenvalue weighted by molar-refractivity contribution is 0.103. The molecule has 0 fully saturated rings. The highest BCUT2D eigenvalue weighted by Crippen LogP contribution is 2.34. The molecule has 102 valence electrons. The van der Waals surface area contributed by atoms with Gasteiger partial charge in [0.05, 0.1) is 15.7 Å². The first-order valence-corrected chi connectivity index (χ1v) is 8.17. The van der Waals surface area contributed by atoms with Crippen LogP contribution in [0.1, 0.15) is 21.5 Å². The van der Waals surface area contributed by atoms with Crippen LogP contribution in [0.25, 0.3) is 0 Å². The number of hydrogen-bond donors (Lipinski definition) is 0. The van der Waals surface area contributed by atoms with Gasteiger partial charge in [-0.2, -0.15) is 0 Å². The number of benzene rings is 2. The SMILES string of the molecule is O=C(c1ccccc1)c1ccc2c(c1Cl)CCS2(=O)=O. The Hall–Kier alpha value is -1.65. The van der Waals surface area contributed by atoms with Crippen LogP contribution in [0.2, 0.25) is 5.02 Å². The minimum absolute atomic E-state index is 0.0605. The molecule has 0 atom stereocenters. The fourth-order valence-corrected chi connectivity index (χ4v) is 4.34. The van der Waals surface area contributed by atoms with Crippen molar-refractivity contribution in [1.29, 1.82) is 0 Å². The topological polar surface area (TPSA) is 51.2 Å². The van der Waals surface area contributed by atoms with Gasteiger partial charge in [-0.25, -0.2) is 8.42 Å². The smallest absolute Gasteiger partial charge is 0.194 e. The molecule has 3 nitrogen and oxygen atoms in total. The average molecular weight is 307 g/mol. The summed E-state index contributed by atoms with van der Waals surface area (Å²) in [6.45, 7) is 0. The maximum atomic E-state index is 12.4. The van der Waals surface area contributed by atoms with Crippen molar-refractivity contribution in [3.05, 3.63) is 64.2 Å². The molecular formula is C15H11ClO3S. The molecule has 0 bridgehead atoms. The quantitative estimate of drug-likeness (QED) is 0.802. The number of hydrogen-bond acceptors (Lipinski definition) is 3. The zero-order chi connectivity index (χ0) is 14.3. The zero-order valence-corrected chi connectivity index (χ0v) is 12.0. The Labute approximate surface area is 122 Å². The van der Waals surface area contributed by atoms with Gasteiger partial charge in [0.25, 0.3) is 0 Å². The first kappa shape index (κ1) is 13.3. The summed E-state index contributed by atoms with van der Waals surface area (Å²) in [5, 5.41) is 0.262. The zero-order valence-electron chi connectivity index (χ0n) is 10.5. The van der Waals surface area contributed by atoms with E-state index in [1.54, 1.807) is 24.3 Å². The van der Waals surface area contributed by atoms with E-state index in [4.69, 9.17) is 11.6 Å². The number of ketones is 1. The van der Waals surface area contributed by atoms with Gasteiger partial charge < -0.3 is 0 Å². The van der Waals surface area contributed by atoms with Crippen molar-refractivity contribution < 1.29 is 13.2 Å². The molecule has 0 aliphatic carbocycles. The summed E-state index contributed by atoms with van der Waals surface area (Å²) in [6, 6.07) is 11.8. The van der Waals surface area contributed by atoms with E-state index >= 15 is 0 Å². The van der Waals surface area contributed by atoms with Crippen LogP contribution in [0.15, 0.2) is 47.4 Å². The van der Waals surface area contributed by atoms with Crippen LogP contribution in [0.4, 0.5) is 0 Å². The molecule has 0 radical (unpaired) electrons. The van der Waals surface area contributed by atoms with Gasteiger partial charge in [0, 0.05) is 11.1 Å². The monoisotopic (exact) mass is 306 g/mol. The summed E-state index contributed by atoms with van der Waals surface area (Å²) in [6.07, 6.45) is 0.367. The lowest BCUT2D eigenvalue weighted by Crippen LogP contribution is -2.04. The standard InChI is InChI=1S/C15H11ClO3S/c16-14-11-8-9-20(18,19)13(11)7-6-12(14)15(17)10-4-2-1-3-5-10/h1-7H,8-9H2. The summed E-state index contributed by atoms with van der Waals surface area (Å²) in [7, 11) is -3.23. The van der Waals surface area contributed by atoms with Gasteiger partial charge in [-0.05, 0) is 24.1 Å². The molecule has 0 saturated carbocycles. The van der Waals surface area contributed by atoms with Crippen LogP contribution < -0.4 is 0 Å². The van der Waals surface area contributed by atoms with E-state index in [0.29, 0.717) is 23.1 Å². The molecule has 0 aromatic heterocycles. The molecule has 2 aromatic rings. The molecular weight excluding hydrogens is 296 g/mol. The predicted octanol–water partition coefficient (Wildman–Crippen LogP) is 2.90. The minimum Gasteiger partial charge on any atom is -0.289 e. The van der Waals surface area contributed by atoms with E-state index in [2.05, 4.69) is 0 Å². The van der Waals surface area contributed by atoms with Crippen molar-refractivity contribution in [1.82, 2.24) is 0 Å². The molecule has 1 aliphatic rings. The molecule has 0 N–H and O–H groups in total. The van der Waals surface area contributed by atoms with Crippen molar-refractivity contribution in [2.24, 2.45) is 0 Å². The number of carbonyl (C=O) groups excluding carboxylic acids is 1. The molecule has 0 saturated heterocycles. The number of carbonyl (C=O) groups is 1. The van der Waals surface area contributed by atoms with Crippen molar-refractivity contribution in [2.75, 3.05) is 5.75 Å². The number of sulfone groups is 1. The van der Waals surface area contributed by atoms with Crippen LogP contribution in [-0.2, 0) is 16.3 Å². The largest absolute Gasteiger partial charge is 0.289 e. The Morgan fingerprint density at radius 3 is 2.45 bits per heavy atom. The van der Waals surface area contributed by atoms with Gasteiger partial charge in [0.2, 0.25) is 0 Å². The third kappa shape index (κ3) is 2.05. The third-order valence-electron chi connectivity index (χ3n) is 3.44. The van der Waals surface area contributed by atoms with Crippen molar-refractivity contribution in [3.8, 4) is 0 Å². The van der Waals surface area contributed by atoms with E-state index in [9.17, 15) is 13.2 Å². The molecule has 1 heterocycles. The normalized spacial score (nSPS) is 15.8. The van der Waals surface area contributed by atoms with E-state index in [0.717, 1.165) is 0 Å². The molecule has 1 aliphatic heterocycles. The third-order valence-corrected chi connectivity index (χ3v) is 5.66. The summed E-state index contributed by atoms with van der Waals surface area (Å²) in [5.41, 5.74) is 1.46. The second-order valence-corrected chi connectivity index (χ2v) is 7.12. The molecule has 20 heavy (non-hydrogen) atoms. The highest BCUT2D eigenvalue weighted by Gasteiger charge is 2.30. The van der Waals surface area contributed by atoms with Crippen molar-refractivity contribution >= 4 is 27.2 Å². The molecule has 0 amide bonds. The Bertz CT molecular complexity index is 795. The number of rotatable bonds is 2. The number of fused-ring (bicyclic) bond motifs is 1. The van der Waals surface area contributed by atoms with Crippen LogP contribution in [0.3, 0.4) is 0 Å². The maximum absolute atomic E-state index is 12.4. The first-order chi connectivity index (χ1) is 9.50. The fourth-order valence-electron chi connectivity index (χ4n) is 2.39. The van der Waals surface area contributed by atoms with Crippen molar-refractivity contribution in [2.45, 2.75) is 11.3 Å². The molecule has 3 rings (SSSR count). The summed E-state index contributed by atoms with van der Waals surface area (Å²) >= 11 is 6.24. The van der Waals surface area contributed by atoms with Gasteiger partial charge in [-0.1, -0.05) is 41.9 Å². The fraction of sp³-hybridized carbons (Fsp3) is 0.133. The van der Waals surface area contributed by atoms with Crippen LogP contribution in [0, 0.1) is 0 Å². The highest BCUT2D eigenvalue weighted by molar-refractivity contribution is 7.91. The van der Waals surface area contributed by atoms with Crippen LogP contribution in [0.5, 0.6) is 0 Å². The second-order valence-electron chi connectivity index (χ2n) is 4.67. The first-order valence-electron chi connectivity index (χ1n) is 6.14. The van der Waals surface area contributed by atoms with Crippen LogP contribution >= 0.6 is 11.6 Å². The maximum Gasteiger partial charge on any atom is 0.194 e. The van der Waals surface area contributed by atoms with Crippen LogP contribution in [-0.4, -0.2) is 20.0 Å². The van der Waals surface area contributed by atoms with E-state index in [-0.39, 0.29) is 21.5 Å². The van der Waals surface area contributed by atoms with Gasteiger partial charge in [-0.15, -0.1) is 0 Å². The van der Waals surface area contributed by atoms with Gasteiger partial charge in [0.1, 0.15) is 0 Å². The molecule has 0 spiro atoms. The average Bonchev–Trinajstić information content (AvgIpc) is 2.76. The number of halogens is 1. The van der Waals surface area contributed by atoms with Gasteiger partial charge >= 0.3 is 0 Å². The highest BCUT2D eigenvalue weighted by atomic mass is 35.5. The van der Waals surface area contributed by atoms with Crippen molar-refractivity contribution in [3.63, 3.8) is 0 Å². The summed E-state index contributed by atoms with van der Waals surface area (Å²) < 4.78 is 23.6. The summed E-state index contributed by atoms with van der Waals surface area (Å²) in [5.74, 6) is -0.131. The predicted molar refractivity (Wildman–Crippen MR) is 77.1 cm³/mol. The van der Waals surface area contributed by atoms with E-state index in [1.807, 2.05) is 6.07 Å². The second kappa shape index (κ2) is 4.72. The molecule has 5 heteroatoms. The molecule has 2 aromatic carbocycles. The Balaban J connectivity index is 2.12. The van der Waals surface area contributed by atoms with Gasteiger partial charge in [-0.3, -0.25) is 4.79 Å². The lowest BCUT2D eigenvalue weighted by Gasteiger charge is -2.07.